The Morgan fingerprint density at radius 3 is 2.56 bits per heavy atom. The van der Waals surface area contributed by atoms with Crippen LogP contribution in [0.15, 0.2) is 36.4 Å². The van der Waals surface area contributed by atoms with Gasteiger partial charge in [0.05, 0.1) is 21.6 Å². The van der Waals surface area contributed by atoms with Gasteiger partial charge >= 0.3 is 5.97 Å². The Balaban J connectivity index is 1.50. The van der Waals surface area contributed by atoms with Crippen LogP contribution >= 0.6 is 23.2 Å². The fraction of sp³-hybridized carbons (Fsp3) is 0.552. The third-order valence-electron chi connectivity index (χ3n) is 9.99. The summed E-state index contributed by atoms with van der Waals surface area (Å²) in [7, 11) is 0. The molecule has 0 heterocycles. The standard InChI is InChI=1S/C29H32Cl2O5/c1-15-17-7-9-20-28(4)12-11-22(32)27(2,3)21(28)14-23(33)29(20,25(15)35)26(17)36-24(34)10-6-16-5-8-18(30)19(31)13-16/h5-6,8,10,13,17,20-21,23,26,33H,1,7,9,11-12,14H2,2-4H3/b10-6+/t17-,20-,21+,23+,26+,28-,29-/m0/s1. The van der Waals surface area contributed by atoms with E-state index >= 15 is 0 Å². The minimum absolute atomic E-state index is 0.0546. The van der Waals surface area contributed by atoms with Crippen LogP contribution in [0.3, 0.4) is 0 Å². The number of benzene rings is 1. The van der Waals surface area contributed by atoms with Crippen LogP contribution in [0.5, 0.6) is 0 Å². The molecule has 1 spiro atoms. The van der Waals surface area contributed by atoms with Crippen molar-refractivity contribution in [2.24, 2.45) is 34.0 Å². The van der Waals surface area contributed by atoms with Gasteiger partial charge in [0.1, 0.15) is 11.9 Å². The van der Waals surface area contributed by atoms with E-state index in [2.05, 4.69) is 13.5 Å². The van der Waals surface area contributed by atoms with Gasteiger partial charge in [-0.25, -0.2) is 4.79 Å². The molecule has 4 aliphatic rings. The second-order valence-electron chi connectivity index (χ2n) is 11.8. The van der Waals surface area contributed by atoms with Crippen LogP contribution in [0.1, 0.15) is 58.4 Å². The molecule has 0 amide bonds. The highest BCUT2D eigenvalue weighted by Crippen LogP contribution is 2.71. The zero-order chi connectivity index (χ0) is 26.2. The molecule has 7 heteroatoms. The number of aliphatic hydroxyl groups is 1. The summed E-state index contributed by atoms with van der Waals surface area (Å²) < 4.78 is 6.03. The van der Waals surface area contributed by atoms with Gasteiger partial charge in [-0.2, -0.15) is 0 Å². The normalized spacial score (nSPS) is 39.2. The third kappa shape index (κ3) is 3.42. The third-order valence-corrected chi connectivity index (χ3v) is 10.7. The maximum Gasteiger partial charge on any atom is 0.331 e. The van der Waals surface area contributed by atoms with Crippen molar-refractivity contribution in [1.82, 2.24) is 0 Å². The molecule has 4 fully saturated rings. The Morgan fingerprint density at radius 1 is 1.14 bits per heavy atom. The van der Waals surface area contributed by atoms with Gasteiger partial charge in [-0.05, 0) is 72.3 Å². The zero-order valence-corrected chi connectivity index (χ0v) is 22.4. The molecule has 5 rings (SSSR count). The van der Waals surface area contributed by atoms with Gasteiger partial charge in [0.25, 0.3) is 0 Å². The fourth-order valence-corrected chi connectivity index (χ4v) is 8.54. The number of fused-ring (bicyclic) bond motifs is 3. The van der Waals surface area contributed by atoms with E-state index in [1.54, 1.807) is 24.3 Å². The lowest BCUT2D eigenvalue weighted by Crippen LogP contribution is -2.68. The van der Waals surface area contributed by atoms with Crippen molar-refractivity contribution in [2.45, 2.75) is 65.1 Å². The fourth-order valence-electron chi connectivity index (χ4n) is 8.23. The first-order chi connectivity index (χ1) is 16.8. The van der Waals surface area contributed by atoms with Gasteiger partial charge in [-0.1, -0.05) is 56.6 Å². The molecule has 0 unspecified atom stereocenters. The molecule has 0 aromatic heterocycles. The SMILES string of the molecule is C=C1C(=O)[C@@]23[C@H](O)C[C@@H]4C(C)(C)C(=O)CC[C@@]4(C)[C@@H]2CC[C@@H]1[C@H]3OC(=O)/C=C/c1ccc(Cl)c(Cl)c1. The Bertz CT molecular complexity index is 1200. The Morgan fingerprint density at radius 2 is 1.86 bits per heavy atom. The van der Waals surface area contributed by atoms with Crippen molar-refractivity contribution in [2.75, 3.05) is 0 Å². The van der Waals surface area contributed by atoms with Crippen molar-refractivity contribution in [1.29, 1.82) is 0 Å². The predicted molar refractivity (Wildman–Crippen MR) is 138 cm³/mol. The van der Waals surface area contributed by atoms with Gasteiger partial charge in [0.2, 0.25) is 0 Å². The average Bonchev–Trinajstić information content (AvgIpc) is 2.94. The van der Waals surface area contributed by atoms with Gasteiger partial charge in [0.15, 0.2) is 5.78 Å². The molecule has 0 aliphatic heterocycles. The van der Waals surface area contributed by atoms with E-state index in [4.69, 9.17) is 27.9 Å². The van der Waals surface area contributed by atoms with Crippen molar-refractivity contribution >= 4 is 46.8 Å². The molecule has 1 aromatic rings. The number of carbonyl (C=O) groups is 3. The van der Waals surface area contributed by atoms with Gasteiger partial charge in [-0.3, -0.25) is 9.59 Å². The summed E-state index contributed by atoms with van der Waals surface area (Å²) in [6, 6.07) is 5.03. The molecule has 1 aromatic carbocycles. The Hall–Kier alpha value is -1.95. The number of Topliss-reactive ketones (excluding diaryl/α,β-unsaturated/α-hetero) is 2. The molecular formula is C29H32Cl2O5. The van der Waals surface area contributed by atoms with Gasteiger partial charge in [0, 0.05) is 23.8 Å². The second-order valence-corrected chi connectivity index (χ2v) is 12.7. The number of halogens is 2. The molecule has 0 saturated heterocycles. The molecule has 4 saturated carbocycles. The highest BCUT2D eigenvalue weighted by Gasteiger charge is 2.75. The van der Waals surface area contributed by atoms with Crippen LogP contribution in [-0.2, 0) is 19.1 Å². The number of hydrogen-bond donors (Lipinski definition) is 1. The van der Waals surface area contributed by atoms with Crippen LogP contribution in [0.2, 0.25) is 10.0 Å². The first-order valence-corrected chi connectivity index (χ1v) is 13.4. The van der Waals surface area contributed by atoms with Crippen molar-refractivity contribution in [3.05, 3.63) is 52.0 Å². The quantitative estimate of drug-likeness (QED) is 0.391. The number of esters is 1. The number of aliphatic hydroxyl groups excluding tert-OH is 1. The lowest BCUT2D eigenvalue weighted by molar-refractivity contribution is -0.228. The van der Waals surface area contributed by atoms with Crippen LogP contribution in [0.4, 0.5) is 0 Å². The number of hydrogen-bond acceptors (Lipinski definition) is 5. The minimum Gasteiger partial charge on any atom is -0.457 e. The van der Waals surface area contributed by atoms with Crippen LogP contribution in [0.25, 0.3) is 6.08 Å². The van der Waals surface area contributed by atoms with E-state index in [1.165, 1.54) is 6.08 Å². The summed E-state index contributed by atoms with van der Waals surface area (Å²) in [6.07, 6.45) is 3.95. The van der Waals surface area contributed by atoms with Gasteiger partial charge in [-0.15, -0.1) is 0 Å². The largest absolute Gasteiger partial charge is 0.457 e. The first kappa shape index (κ1) is 25.7. The highest BCUT2D eigenvalue weighted by molar-refractivity contribution is 6.42. The van der Waals surface area contributed by atoms with Crippen LogP contribution < -0.4 is 0 Å². The molecule has 192 valence electrons. The summed E-state index contributed by atoms with van der Waals surface area (Å²) in [5.74, 6) is -1.13. The molecule has 2 bridgehead atoms. The summed E-state index contributed by atoms with van der Waals surface area (Å²) in [5, 5.41) is 12.5. The van der Waals surface area contributed by atoms with E-state index in [0.29, 0.717) is 46.9 Å². The van der Waals surface area contributed by atoms with E-state index < -0.39 is 29.0 Å². The van der Waals surface area contributed by atoms with E-state index in [0.717, 1.165) is 6.42 Å². The predicted octanol–water partition coefficient (Wildman–Crippen LogP) is 5.85. The number of carbonyl (C=O) groups excluding carboxylic acids is 3. The summed E-state index contributed by atoms with van der Waals surface area (Å²) >= 11 is 12.0. The zero-order valence-electron chi connectivity index (χ0n) is 20.9. The highest BCUT2D eigenvalue weighted by atomic mass is 35.5. The maximum atomic E-state index is 13.9. The molecule has 4 aliphatic carbocycles. The molecule has 36 heavy (non-hydrogen) atoms. The lowest BCUT2D eigenvalue weighted by atomic mass is 9.39. The van der Waals surface area contributed by atoms with Crippen LogP contribution in [0, 0.1) is 34.0 Å². The van der Waals surface area contributed by atoms with Crippen molar-refractivity contribution in [3.63, 3.8) is 0 Å². The molecular weight excluding hydrogens is 499 g/mol. The molecule has 5 nitrogen and oxygen atoms in total. The first-order valence-electron chi connectivity index (χ1n) is 12.6. The second kappa shape index (κ2) is 8.54. The van der Waals surface area contributed by atoms with E-state index in [9.17, 15) is 19.5 Å². The summed E-state index contributed by atoms with van der Waals surface area (Å²) in [4.78, 5) is 39.7. The Labute approximate surface area is 221 Å². The monoisotopic (exact) mass is 530 g/mol. The van der Waals surface area contributed by atoms with Crippen molar-refractivity contribution in [3.8, 4) is 0 Å². The number of ether oxygens (including phenoxy) is 1. The number of ketones is 2. The maximum absolute atomic E-state index is 13.9. The van der Waals surface area contributed by atoms with Crippen LogP contribution in [-0.4, -0.2) is 34.9 Å². The lowest BCUT2D eigenvalue weighted by Gasteiger charge is -2.64. The molecule has 7 atom stereocenters. The molecule has 0 radical (unpaired) electrons. The van der Waals surface area contributed by atoms with E-state index in [-0.39, 0.29) is 34.7 Å². The topological polar surface area (TPSA) is 80.7 Å². The minimum atomic E-state index is -1.23. The summed E-state index contributed by atoms with van der Waals surface area (Å²) in [5.41, 5.74) is -1.01. The smallest absolute Gasteiger partial charge is 0.331 e. The van der Waals surface area contributed by atoms with Crippen molar-refractivity contribution < 1.29 is 24.2 Å². The Kier molecular flexibility index (Phi) is 6.09. The van der Waals surface area contributed by atoms with Gasteiger partial charge < -0.3 is 9.84 Å². The average molecular weight is 531 g/mol. The van der Waals surface area contributed by atoms with E-state index in [1.807, 2.05) is 13.8 Å². The molecule has 1 N–H and O–H groups in total. The summed E-state index contributed by atoms with van der Waals surface area (Å²) in [6.45, 7) is 10.2. The number of rotatable bonds is 3.